The molecule has 23 heavy (non-hydrogen) atoms. The number of ether oxygens (including phenoxy) is 1. The van der Waals surface area contributed by atoms with Crippen LogP contribution in [-0.4, -0.2) is 61.4 Å². The molecule has 0 spiro atoms. The molecular weight excluding hydrogens is 294 g/mol. The number of aliphatic hydroxyl groups excluding tert-OH is 1. The topological polar surface area (TPSA) is 87.8 Å². The Labute approximate surface area is 137 Å². The molecule has 1 amide bonds. The molecule has 0 unspecified atom stereocenters. The third-order valence-corrected chi connectivity index (χ3v) is 4.00. The van der Waals surface area contributed by atoms with E-state index in [0.29, 0.717) is 31.4 Å². The molecule has 1 fully saturated rings. The first-order valence-corrected chi connectivity index (χ1v) is 8.22. The largest absolute Gasteiger partial charge is 0.394 e. The number of rotatable bonds is 8. The first-order valence-electron chi connectivity index (χ1n) is 8.22. The van der Waals surface area contributed by atoms with Crippen LogP contribution in [0.4, 0.5) is 0 Å². The molecule has 1 aliphatic heterocycles. The molecule has 2 rings (SSSR count). The van der Waals surface area contributed by atoms with Crippen molar-refractivity contribution in [1.82, 2.24) is 10.2 Å². The highest BCUT2D eigenvalue weighted by molar-refractivity contribution is 5.94. The van der Waals surface area contributed by atoms with Crippen molar-refractivity contribution in [3.05, 3.63) is 35.4 Å². The Morgan fingerprint density at radius 2 is 2.13 bits per heavy atom. The van der Waals surface area contributed by atoms with Gasteiger partial charge in [-0.15, -0.1) is 0 Å². The molecule has 128 valence electrons. The predicted octanol–water partition coefficient (Wildman–Crippen LogP) is 0.348. The molecule has 0 radical (unpaired) electrons. The van der Waals surface area contributed by atoms with Crippen LogP contribution in [0.15, 0.2) is 24.3 Å². The molecule has 1 aromatic carbocycles. The van der Waals surface area contributed by atoms with E-state index in [1.165, 1.54) is 0 Å². The van der Waals surface area contributed by atoms with Gasteiger partial charge >= 0.3 is 0 Å². The van der Waals surface area contributed by atoms with Gasteiger partial charge in [0, 0.05) is 24.7 Å². The van der Waals surface area contributed by atoms with Gasteiger partial charge in [-0.1, -0.05) is 12.1 Å². The summed E-state index contributed by atoms with van der Waals surface area (Å²) in [5.41, 5.74) is 7.74. The lowest BCUT2D eigenvalue weighted by Gasteiger charge is -2.30. The SMILES string of the molecule is NC1CCN(Cc2cccc(C(=O)NCCOCCO)c2)CC1. The second kappa shape index (κ2) is 9.62. The van der Waals surface area contributed by atoms with E-state index in [-0.39, 0.29) is 12.5 Å². The highest BCUT2D eigenvalue weighted by Crippen LogP contribution is 2.13. The van der Waals surface area contributed by atoms with Crippen LogP contribution in [0.1, 0.15) is 28.8 Å². The molecule has 4 N–H and O–H groups in total. The highest BCUT2D eigenvalue weighted by Gasteiger charge is 2.16. The van der Waals surface area contributed by atoms with Gasteiger partial charge in [0.15, 0.2) is 0 Å². The van der Waals surface area contributed by atoms with Gasteiger partial charge in [-0.25, -0.2) is 0 Å². The van der Waals surface area contributed by atoms with Crippen LogP contribution >= 0.6 is 0 Å². The van der Waals surface area contributed by atoms with Gasteiger partial charge < -0.3 is 20.9 Å². The Hall–Kier alpha value is -1.47. The van der Waals surface area contributed by atoms with Crippen LogP contribution in [0, 0.1) is 0 Å². The summed E-state index contributed by atoms with van der Waals surface area (Å²) in [6.45, 7) is 4.02. The Morgan fingerprint density at radius 1 is 1.35 bits per heavy atom. The first kappa shape index (κ1) is 17.9. The fraction of sp³-hybridized carbons (Fsp3) is 0.588. The highest BCUT2D eigenvalue weighted by atomic mass is 16.5. The number of amides is 1. The maximum Gasteiger partial charge on any atom is 0.251 e. The number of aliphatic hydroxyl groups is 1. The van der Waals surface area contributed by atoms with Crippen molar-refractivity contribution in [2.75, 3.05) is 39.5 Å². The molecule has 0 bridgehead atoms. The zero-order valence-electron chi connectivity index (χ0n) is 13.5. The Bertz CT molecular complexity index is 488. The number of hydrogen-bond acceptors (Lipinski definition) is 5. The third kappa shape index (κ3) is 6.27. The molecule has 0 atom stereocenters. The number of hydrogen-bond donors (Lipinski definition) is 3. The quantitative estimate of drug-likeness (QED) is 0.601. The van der Waals surface area contributed by atoms with Crippen molar-refractivity contribution >= 4 is 5.91 Å². The molecule has 6 heteroatoms. The number of nitrogens with one attached hydrogen (secondary N) is 1. The minimum absolute atomic E-state index is 0.00258. The van der Waals surface area contributed by atoms with E-state index in [9.17, 15) is 4.79 Å². The van der Waals surface area contributed by atoms with Gasteiger partial charge in [0.05, 0.1) is 19.8 Å². The molecule has 0 aliphatic carbocycles. The summed E-state index contributed by atoms with van der Waals surface area (Å²) >= 11 is 0. The summed E-state index contributed by atoms with van der Waals surface area (Å²) in [4.78, 5) is 14.5. The molecule has 1 aromatic rings. The molecule has 1 heterocycles. The second-order valence-electron chi connectivity index (χ2n) is 5.91. The van der Waals surface area contributed by atoms with Gasteiger partial charge in [-0.05, 0) is 43.6 Å². The van der Waals surface area contributed by atoms with E-state index in [2.05, 4.69) is 16.3 Å². The number of nitrogens with zero attached hydrogens (tertiary/aromatic N) is 1. The fourth-order valence-electron chi connectivity index (χ4n) is 2.69. The normalized spacial score (nSPS) is 16.4. The Kier molecular flexibility index (Phi) is 7.48. The molecule has 1 aliphatic rings. The van der Waals surface area contributed by atoms with Crippen molar-refractivity contribution < 1.29 is 14.6 Å². The molecular formula is C17H27N3O3. The minimum atomic E-state index is -0.0971. The van der Waals surface area contributed by atoms with E-state index in [0.717, 1.165) is 38.0 Å². The van der Waals surface area contributed by atoms with Gasteiger partial charge in [0.1, 0.15) is 0 Å². The van der Waals surface area contributed by atoms with Crippen LogP contribution < -0.4 is 11.1 Å². The summed E-state index contributed by atoms with van der Waals surface area (Å²) in [6, 6.07) is 8.06. The molecule has 6 nitrogen and oxygen atoms in total. The molecule has 0 saturated carbocycles. The monoisotopic (exact) mass is 321 g/mol. The maximum atomic E-state index is 12.1. The van der Waals surface area contributed by atoms with E-state index in [1.807, 2.05) is 18.2 Å². The molecule has 0 aromatic heterocycles. The Morgan fingerprint density at radius 3 is 2.87 bits per heavy atom. The first-order chi connectivity index (χ1) is 11.2. The van der Waals surface area contributed by atoms with Crippen molar-refractivity contribution in [2.45, 2.75) is 25.4 Å². The number of benzene rings is 1. The maximum absolute atomic E-state index is 12.1. The standard InChI is InChI=1S/C17H27N3O3/c18-16-4-7-20(8-5-16)13-14-2-1-3-15(12-14)17(22)19-6-10-23-11-9-21/h1-3,12,16,21H,4-11,13,18H2,(H,19,22). The van der Waals surface area contributed by atoms with Crippen molar-refractivity contribution in [3.63, 3.8) is 0 Å². The lowest BCUT2D eigenvalue weighted by atomic mass is 10.0. The average Bonchev–Trinajstić information content (AvgIpc) is 2.57. The summed E-state index contributed by atoms with van der Waals surface area (Å²) in [5, 5.41) is 11.4. The van der Waals surface area contributed by atoms with E-state index < -0.39 is 0 Å². The smallest absolute Gasteiger partial charge is 0.251 e. The predicted molar refractivity (Wildman–Crippen MR) is 89.2 cm³/mol. The van der Waals surface area contributed by atoms with Gasteiger partial charge in [-0.3, -0.25) is 9.69 Å². The summed E-state index contributed by atoms with van der Waals surface area (Å²) in [6.07, 6.45) is 2.07. The van der Waals surface area contributed by atoms with Crippen molar-refractivity contribution in [3.8, 4) is 0 Å². The minimum Gasteiger partial charge on any atom is -0.394 e. The third-order valence-electron chi connectivity index (χ3n) is 4.00. The summed E-state index contributed by atoms with van der Waals surface area (Å²) in [7, 11) is 0. The second-order valence-corrected chi connectivity index (χ2v) is 5.91. The van der Waals surface area contributed by atoms with Crippen LogP contribution in [0.3, 0.4) is 0 Å². The Balaban J connectivity index is 1.80. The number of nitrogens with two attached hydrogens (primary N) is 1. The van der Waals surface area contributed by atoms with Crippen LogP contribution in [0.25, 0.3) is 0 Å². The summed E-state index contributed by atoms with van der Waals surface area (Å²) in [5.74, 6) is -0.0971. The lowest BCUT2D eigenvalue weighted by molar-refractivity contribution is 0.0838. The molecule has 1 saturated heterocycles. The number of piperidine rings is 1. The van der Waals surface area contributed by atoms with E-state index in [4.69, 9.17) is 15.6 Å². The summed E-state index contributed by atoms with van der Waals surface area (Å²) < 4.78 is 5.12. The van der Waals surface area contributed by atoms with Crippen LogP contribution in [-0.2, 0) is 11.3 Å². The average molecular weight is 321 g/mol. The number of carbonyl (C=O) groups excluding carboxylic acids is 1. The zero-order chi connectivity index (χ0) is 16.5. The number of carbonyl (C=O) groups is 1. The van der Waals surface area contributed by atoms with Gasteiger partial charge in [0.2, 0.25) is 0 Å². The lowest BCUT2D eigenvalue weighted by Crippen LogP contribution is -2.39. The van der Waals surface area contributed by atoms with Crippen LogP contribution in [0.5, 0.6) is 0 Å². The van der Waals surface area contributed by atoms with Gasteiger partial charge in [-0.2, -0.15) is 0 Å². The van der Waals surface area contributed by atoms with E-state index in [1.54, 1.807) is 0 Å². The number of likely N-dealkylation sites (tertiary alicyclic amines) is 1. The fourth-order valence-corrected chi connectivity index (χ4v) is 2.69. The van der Waals surface area contributed by atoms with Crippen molar-refractivity contribution in [2.24, 2.45) is 5.73 Å². The van der Waals surface area contributed by atoms with Crippen molar-refractivity contribution in [1.29, 1.82) is 0 Å². The van der Waals surface area contributed by atoms with Crippen LogP contribution in [0.2, 0.25) is 0 Å². The zero-order valence-corrected chi connectivity index (χ0v) is 13.5. The van der Waals surface area contributed by atoms with Gasteiger partial charge in [0.25, 0.3) is 5.91 Å². The van der Waals surface area contributed by atoms with E-state index >= 15 is 0 Å².